The van der Waals surface area contributed by atoms with E-state index in [9.17, 15) is 9.90 Å². The summed E-state index contributed by atoms with van der Waals surface area (Å²) in [6.07, 6.45) is 10.1. The number of aromatic nitrogens is 1. The summed E-state index contributed by atoms with van der Waals surface area (Å²) >= 11 is 0. The second kappa shape index (κ2) is 19.3. The minimum atomic E-state index is -1.69. The first-order valence-corrected chi connectivity index (χ1v) is 23.1. The van der Waals surface area contributed by atoms with Crippen LogP contribution >= 0.6 is 0 Å². The number of carbonyl (C=O) groups is 1. The van der Waals surface area contributed by atoms with Crippen LogP contribution < -0.4 is 5.19 Å². The van der Waals surface area contributed by atoms with Crippen molar-refractivity contribution < 1.29 is 30.0 Å². The van der Waals surface area contributed by atoms with Gasteiger partial charge in [0.05, 0.1) is 19.3 Å². The van der Waals surface area contributed by atoms with Gasteiger partial charge in [-0.2, -0.15) is 0 Å². The fraction of sp³-hybridized carbons (Fsp3) is 0.417. The van der Waals surface area contributed by atoms with Crippen molar-refractivity contribution in [3.8, 4) is 11.3 Å². The molecule has 1 heterocycles. The Kier molecular flexibility index (Phi) is 15.4. The first-order chi connectivity index (χ1) is 25.0. The van der Waals surface area contributed by atoms with Crippen LogP contribution in [0.5, 0.6) is 0 Å². The van der Waals surface area contributed by atoms with Crippen molar-refractivity contribution in [2.45, 2.75) is 118 Å². The van der Waals surface area contributed by atoms with Crippen LogP contribution in [0.2, 0.25) is 13.1 Å². The molecule has 1 aliphatic rings. The second-order valence-electron chi connectivity index (χ2n) is 15.7. The molecule has 0 unspecified atom stereocenters. The molecule has 6 rings (SSSR count). The first kappa shape index (κ1) is 42.4. The number of ketones is 1. The summed E-state index contributed by atoms with van der Waals surface area (Å²) in [7, 11) is -1.69. The molecule has 283 valence electrons. The number of fused-ring (bicyclic) bond motifs is 2. The van der Waals surface area contributed by atoms with Gasteiger partial charge in [0.25, 0.3) is 0 Å². The average molecular weight is 903 g/mol. The maximum Gasteiger partial charge on any atom is 0.162 e. The van der Waals surface area contributed by atoms with Gasteiger partial charge in [-0.15, -0.1) is 29.1 Å². The number of nitrogens with zero attached hydrogens (tertiary/aromatic N) is 1. The number of aryl methyl sites for hydroxylation is 2. The number of pyridine rings is 1. The van der Waals surface area contributed by atoms with Gasteiger partial charge >= 0.3 is 0 Å². The molecule has 3 nitrogen and oxygen atoms in total. The summed E-state index contributed by atoms with van der Waals surface area (Å²) in [6, 6.07) is 34.2. The molecule has 0 saturated heterocycles. The molecular formula is C48H60IrNO2Si-. The standard InChI is InChI=1S/C35H36NSi.C13H24O2.Ir/c1-24-18-25(2)35-32(26-12-8-9-13-26)22-33(36-34(35)19-24)28-20-27-14-10-11-17-31(27)29(21-28)23-37(3,4)30-15-6-5-7-16-30;1-5-10(6-2)12(14)9-13(15)11(7-3)8-4;/h5-7,10-11,14-19,21-22,26H,8-9,12-13,23H2,1-4H3;9-11,14H,5-8H2,1-4H3;/q-1;;/b;12-9-;. The number of hydrogen-bond donors (Lipinski definition) is 1. The molecule has 0 spiro atoms. The van der Waals surface area contributed by atoms with Crippen molar-refractivity contribution in [1.82, 2.24) is 4.98 Å². The molecule has 1 saturated carbocycles. The van der Waals surface area contributed by atoms with E-state index in [1.54, 1.807) is 0 Å². The zero-order chi connectivity index (χ0) is 37.4. The van der Waals surface area contributed by atoms with Crippen LogP contribution in [0.25, 0.3) is 32.9 Å². The number of aliphatic hydroxyl groups excluding tert-OH is 1. The largest absolute Gasteiger partial charge is 0.512 e. The van der Waals surface area contributed by atoms with Crippen LogP contribution in [0.4, 0.5) is 0 Å². The number of allylic oxidation sites excluding steroid dienone is 2. The number of benzene rings is 4. The molecule has 53 heavy (non-hydrogen) atoms. The van der Waals surface area contributed by atoms with Crippen LogP contribution in [0, 0.1) is 31.7 Å². The van der Waals surface area contributed by atoms with Crippen LogP contribution in [-0.4, -0.2) is 23.9 Å². The third kappa shape index (κ3) is 10.2. The van der Waals surface area contributed by atoms with E-state index in [4.69, 9.17) is 4.98 Å². The number of rotatable bonds is 12. The van der Waals surface area contributed by atoms with Crippen molar-refractivity contribution in [1.29, 1.82) is 0 Å². The molecule has 0 atom stereocenters. The molecule has 1 radical (unpaired) electrons. The maximum atomic E-state index is 11.7. The Hall–Kier alpha value is -3.37. The Morgan fingerprint density at radius 1 is 0.868 bits per heavy atom. The predicted molar refractivity (Wildman–Crippen MR) is 225 cm³/mol. The molecular weight excluding hydrogens is 843 g/mol. The van der Waals surface area contributed by atoms with E-state index in [1.165, 1.54) is 75.4 Å². The molecule has 1 N–H and O–H groups in total. The Bertz CT molecular complexity index is 2000. The van der Waals surface area contributed by atoms with Crippen molar-refractivity contribution in [3.05, 3.63) is 119 Å². The second-order valence-corrected chi connectivity index (χ2v) is 20.4. The molecule has 0 bridgehead atoms. The summed E-state index contributed by atoms with van der Waals surface area (Å²) in [5, 5.41) is 15.2. The Balaban J connectivity index is 0.000000335. The summed E-state index contributed by atoms with van der Waals surface area (Å²) in [4.78, 5) is 17.0. The van der Waals surface area contributed by atoms with Gasteiger partial charge in [-0.05, 0) is 87.1 Å². The normalized spacial score (nSPS) is 13.7. The van der Waals surface area contributed by atoms with Crippen LogP contribution in [0.1, 0.15) is 107 Å². The SMILES string of the molecule is CCC(CC)C(=O)/C=C(\O)C(CC)CC.Cc1cc(C)c2c(C3CCCC3)cc(-c3[c-]c4ccccc4c(C[Si](C)(C)c4ccccc4)c3)nc2c1.[Ir]. The van der Waals surface area contributed by atoms with Gasteiger partial charge in [0.2, 0.25) is 0 Å². The summed E-state index contributed by atoms with van der Waals surface area (Å²) in [5.74, 6) is 1.18. The zero-order valence-electron chi connectivity index (χ0n) is 33.3. The van der Waals surface area contributed by atoms with Gasteiger partial charge in [-0.3, -0.25) is 9.78 Å². The van der Waals surface area contributed by atoms with Gasteiger partial charge in [0.1, 0.15) is 0 Å². The van der Waals surface area contributed by atoms with Crippen molar-refractivity contribution in [2.75, 3.05) is 0 Å². The van der Waals surface area contributed by atoms with E-state index in [0.717, 1.165) is 48.5 Å². The van der Waals surface area contributed by atoms with Crippen molar-refractivity contribution in [3.63, 3.8) is 0 Å². The third-order valence-electron chi connectivity index (χ3n) is 11.5. The molecule has 5 aromatic rings. The fourth-order valence-electron chi connectivity index (χ4n) is 8.32. The van der Waals surface area contributed by atoms with E-state index in [0.29, 0.717) is 5.92 Å². The summed E-state index contributed by atoms with van der Waals surface area (Å²) in [5.41, 5.74) is 8.91. The summed E-state index contributed by atoms with van der Waals surface area (Å²) < 4.78 is 0. The number of hydrogen-bond acceptors (Lipinski definition) is 3. The summed E-state index contributed by atoms with van der Waals surface area (Å²) in [6.45, 7) is 17.5. The molecule has 1 aromatic heterocycles. The smallest absolute Gasteiger partial charge is 0.162 e. The van der Waals surface area contributed by atoms with Crippen LogP contribution in [-0.2, 0) is 30.9 Å². The van der Waals surface area contributed by atoms with E-state index in [1.807, 2.05) is 27.7 Å². The van der Waals surface area contributed by atoms with E-state index >= 15 is 0 Å². The van der Waals surface area contributed by atoms with Crippen LogP contribution in [0.15, 0.2) is 90.7 Å². The van der Waals surface area contributed by atoms with E-state index < -0.39 is 8.07 Å². The monoisotopic (exact) mass is 903 g/mol. The fourth-order valence-corrected chi connectivity index (χ4v) is 10.9. The molecule has 4 aromatic carbocycles. The Morgan fingerprint density at radius 2 is 1.49 bits per heavy atom. The van der Waals surface area contributed by atoms with E-state index in [2.05, 4.69) is 112 Å². The van der Waals surface area contributed by atoms with Gasteiger partial charge in [-0.25, -0.2) is 0 Å². The molecule has 1 aliphatic carbocycles. The van der Waals surface area contributed by atoms with Crippen LogP contribution in [0.3, 0.4) is 0 Å². The molecule has 1 fully saturated rings. The van der Waals surface area contributed by atoms with Crippen molar-refractivity contribution >= 4 is 40.7 Å². The van der Waals surface area contributed by atoms with Crippen molar-refractivity contribution in [2.24, 2.45) is 11.8 Å². The molecule has 0 aliphatic heterocycles. The third-order valence-corrected chi connectivity index (χ3v) is 14.6. The molecule has 0 amide bonds. The number of carbonyl (C=O) groups excluding carboxylic acids is 1. The van der Waals surface area contributed by atoms with E-state index in [-0.39, 0.29) is 43.5 Å². The predicted octanol–water partition coefficient (Wildman–Crippen LogP) is 12.7. The maximum absolute atomic E-state index is 11.7. The van der Waals surface area contributed by atoms with Gasteiger partial charge in [-0.1, -0.05) is 130 Å². The minimum Gasteiger partial charge on any atom is -0.512 e. The average Bonchev–Trinajstić information content (AvgIpc) is 3.68. The zero-order valence-corrected chi connectivity index (χ0v) is 36.7. The number of aliphatic hydroxyl groups is 1. The Labute approximate surface area is 334 Å². The molecule has 5 heteroatoms. The first-order valence-electron chi connectivity index (χ1n) is 19.9. The van der Waals surface area contributed by atoms with Gasteiger partial charge in [0, 0.05) is 49.1 Å². The van der Waals surface area contributed by atoms with Gasteiger partial charge in [0.15, 0.2) is 5.78 Å². The topological polar surface area (TPSA) is 50.2 Å². The minimum absolute atomic E-state index is 0. The Morgan fingerprint density at radius 3 is 2.13 bits per heavy atom. The quantitative estimate of drug-likeness (QED) is 0.0587. The van der Waals surface area contributed by atoms with Gasteiger partial charge < -0.3 is 5.11 Å².